The van der Waals surface area contributed by atoms with Gasteiger partial charge < -0.3 is 4.74 Å². The molecule has 0 radical (unpaired) electrons. The van der Waals surface area contributed by atoms with Gasteiger partial charge >= 0.3 is 5.97 Å². The second kappa shape index (κ2) is 5.15. The van der Waals surface area contributed by atoms with E-state index in [0.717, 1.165) is 19.3 Å². The molecule has 0 aliphatic heterocycles. The Morgan fingerprint density at radius 2 is 2.00 bits per heavy atom. The fourth-order valence-corrected chi connectivity index (χ4v) is 2.51. The van der Waals surface area contributed by atoms with Crippen LogP contribution in [0.25, 0.3) is 0 Å². The van der Waals surface area contributed by atoms with Crippen molar-refractivity contribution >= 4 is 5.97 Å². The zero-order valence-electron chi connectivity index (χ0n) is 9.69. The molecule has 0 unspecified atom stereocenters. The molecule has 0 N–H and O–H groups in total. The van der Waals surface area contributed by atoms with E-state index >= 15 is 0 Å². The molecule has 0 bridgehead atoms. The molecule has 2 heteroatoms. The molecular formula is C14H18O2. The number of hydrogen-bond acceptors (Lipinski definition) is 2. The van der Waals surface area contributed by atoms with Crippen molar-refractivity contribution in [2.24, 2.45) is 0 Å². The lowest BCUT2D eigenvalue weighted by Gasteiger charge is -2.28. The molecule has 0 aromatic heterocycles. The lowest BCUT2D eigenvalue weighted by atomic mass is 9.82. The first kappa shape index (κ1) is 11.2. The molecule has 1 fully saturated rings. The van der Waals surface area contributed by atoms with Gasteiger partial charge in [0.25, 0.3) is 0 Å². The van der Waals surface area contributed by atoms with Gasteiger partial charge in [-0.25, -0.2) is 0 Å². The van der Waals surface area contributed by atoms with Gasteiger partial charge in [-0.3, -0.25) is 4.79 Å². The third kappa shape index (κ3) is 2.84. The van der Waals surface area contributed by atoms with Gasteiger partial charge in [0.15, 0.2) is 0 Å². The minimum absolute atomic E-state index is 0.122. The van der Waals surface area contributed by atoms with Crippen LogP contribution in [0.15, 0.2) is 30.3 Å². The lowest BCUT2D eigenvalue weighted by molar-refractivity contribution is -0.147. The van der Waals surface area contributed by atoms with E-state index in [-0.39, 0.29) is 12.1 Å². The van der Waals surface area contributed by atoms with Crippen LogP contribution in [0.5, 0.6) is 0 Å². The highest BCUT2D eigenvalue weighted by molar-refractivity contribution is 5.66. The fraction of sp³-hybridized carbons (Fsp3) is 0.500. The van der Waals surface area contributed by atoms with Gasteiger partial charge in [0.1, 0.15) is 6.10 Å². The van der Waals surface area contributed by atoms with Crippen molar-refractivity contribution in [3.05, 3.63) is 35.9 Å². The number of carbonyl (C=O) groups is 1. The SMILES string of the molecule is CC(=O)O[C@H]1CCC[C@@H](c2ccccc2)C1. The fourth-order valence-electron chi connectivity index (χ4n) is 2.51. The molecule has 2 atom stereocenters. The third-order valence-electron chi connectivity index (χ3n) is 3.23. The van der Waals surface area contributed by atoms with Crippen LogP contribution in [0.4, 0.5) is 0 Å². The summed E-state index contributed by atoms with van der Waals surface area (Å²) in [6.07, 6.45) is 4.47. The highest BCUT2D eigenvalue weighted by Crippen LogP contribution is 2.33. The monoisotopic (exact) mass is 218 g/mol. The second-order valence-electron chi connectivity index (χ2n) is 4.51. The number of rotatable bonds is 2. The van der Waals surface area contributed by atoms with Crippen LogP contribution in [-0.4, -0.2) is 12.1 Å². The molecule has 0 amide bonds. The number of benzene rings is 1. The van der Waals surface area contributed by atoms with Gasteiger partial charge in [0, 0.05) is 6.92 Å². The maximum Gasteiger partial charge on any atom is 0.302 e. The van der Waals surface area contributed by atoms with Crippen molar-refractivity contribution in [1.29, 1.82) is 0 Å². The Morgan fingerprint density at radius 3 is 2.69 bits per heavy atom. The van der Waals surface area contributed by atoms with E-state index in [1.54, 1.807) is 0 Å². The van der Waals surface area contributed by atoms with Gasteiger partial charge in [-0.1, -0.05) is 30.3 Å². The first-order valence-corrected chi connectivity index (χ1v) is 5.98. The number of hydrogen-bond donors (Lipinski definition) is 0. The standard InChI is InChI=1S/C14H18O2/c1-11(15)16-14-9-5-8-13(10-14)12-6-3-2-4-7-12/h2-4,6-7,13-14H,5,8-10H2,1H3/t13-,14+/m1/s1. The van der Waals surface area contributed by atoms with Crippen LogP contribution in [0.3, 0.4) is 0 Å². The van der Waals surface area contributed by atoms with E-state index in [9.17, 15) is 4.79 Å². The average Bonchev–Trinajstić information content (AvgIpc) is 2.30. The van der Waals surface area contributed by atoms with E-state index < -0.39 is 0 Å². The zero-order valence-corrected chi connectivity index (χ0v) is 9.69. The van der Waals surface area contributed by atoms with Crippen LogP contribution in [0.1, 0.15) is 44.1 Å². The quantitative estimate of drug-likeness (QED) is 0.712. The molecule has 2 nitrogen and oxygen atoms in total. The van der Waals surface area contributed by atoms with Crippen LogP contribution >= 0.6 is 0 Å². The summed E-state index contributed by atoms with van der Waals surface area (Å²) in [5, 5.41) is 0. The Labute approximate surface area is 96.6 Å². The predicted octanol–water partition coefficient (Wildman–Crippen LogP) is 3.28. The predicted molar refractivity (Wildman–Crippen MR) is 63.2 cm³/mol. The van der Waals surface area contributed by atoms with Crippen molar-refractivity contribution in [1.82, 2.24) is 0 Å². The molecule has 1 aromatic carbocycles. The van der Waals surface area contributed by atoms with Gasteiger partial charge in [-0.2, -0.15) is 0 Å². The Hall–Kier alpha value is -1.31. The zero-order chi connectivity index (χ0) is 11.4. The molecular weight excluding hydrogens is 200 g/mol. The first-order valence-electron chi connectivity index (χ1n) is 5.98. The summed E-state index contributed by atoms with van der Waals surface area (Å²) in [7, 11) is 0. The summed E-state index contributed by atoms with van der Waals surface area (Å²) >= 11 is 0. The summed E-state index contributed by atoms with van der Waals surface area (Å²) in [6, 6.07) is 10.5. The molecule has 16 heavy (non-hydrogen) atoms. The maximum absolute atomic E-state index is 10.9. The summed E-state index contributed by atoms with van der Waals surface area (Å²) in [5.41, 5.74) is 1.37. The smallest absolute Gasteiger partial charge is 0.302 e. The van der Waals surface area contributed by atoms with Gasteiger partial charge in [0.05, 0.1) is 0 Å². The summed E-state index contributed by atoms with van der Waals surface area (Å²) in [6.45, 7) is 1.49. The average molecular weight is 218 g/mol. The van der Waals surface area contributed by atoms with E-state index in [4.69, 9.17) is 4.74 Å². The third-order valence-corrected chi connectivity index (χ3v) is 3.23. The minimum atomic E-state index is -0.154. The minimum Gasteiger partial charge on any atom is -0.463 e. The normalized spacial score (nSPS) is 25.1. The van der Waals surface area contributed by atoms with E-state index in [1.807, 2.05) is 6.07 Å². The Kier molecular flexibility index (Phi) is 3.60. The summed E-state index contributed by atoms with van der Waals surface area (Å²) in [5.74, 6) is 0.401. The van der Waals surface area contributed by atoms with E-state index in [1.165, 1.54) is 18.9 Å². The van der Waals surface area contributed by atoms with Gasteiger partial charge in [-0.15, -0.1) is 0 Å². The molecule has 2 rings (SSSR count). The largest absolute Gasteiger partial charge is 0.463 e. The van der Waals surface area contributed by atoms with Crippen LogP contribution in [0.2, 0.25) is 0 Å². The van der Waals surface area contributed by atoms with Gasteiger partial charge in [0.2, 0.25) is 0 Å². The van der Waals surface area contributed by atoms with Crippen molar-refractivity contribution < 1.29 is 9.53 Å². The molecule has 0 heterocycles. The number of esters is 1. The molecule has 1 aliphatic carbocycles. The summed E-state index contributed by atoms with van der Waals surface area (Å²) < 4.78 is 5.30. The van der Waals surface area contributed by atoms with Gasteiger partial charge in [-0.05, 0) is 37.2 Å². The molecule has 0 spiro atoms. The Bertz CT molecular complexity index is 345. The molecule has 1 aromatic rings. The van der Waals surface area contributed by atoms with E-state index in [2.05, 4.69) is 24.3 Å². The Morgan fingerprint density at radius 1 is 1.25 bits per heavy atom. The van der Waals surface area contributed by atoms with Crippen molar-refractivity contribution in [2.45, 2.75) is 44.6 Å². The second-order valence-corrected chi connectivity index (χ2v) is 4.51. The highest BCUT2D eigenvalue weighted by atomic mass is 16.5. The highest BCUT2D eigenvalue weighted by Gasteiger charge is 2.24. The molecule has 0 saturated heterocycles. The molecule has 86 valence electrons. The van der Waals surface area contributed by atoms with Crippen molar-refractivity contribution in [3.8, 4) is 0 Å². The number of carbonyl (C=O) groups excluding carboxylic acids is 1. The molecule has 1 aliphatic rings. The van der Waals surface area contributed by atoms with Crippen LogP contribution in [-0.2, 0) is 9.53 Å². The van der Waals surface area contributed by atoms with Crippen LogP contribution in [0, 0.1) is 0 Å². The van der Waals surface area contributed by atoms with Crippen molar-refractivity contribution in [3.63, 3.8) is 0 Å². The first-order chi connectivity index (χ1) is 7.75. The lowest BCUT2D eigenvalue weighted by Crippen LogP contribution is -2.23. The van der Waals surface area contributed by atoms with E-state index in [0.29, 0.717) is 5.92 Å². The number of ether oxygens (including phenoxy) is 1. The Balaban J connectivity index is 1.99. The maximum atomic E-state index is 10.9. The van der Waals surface area contributed by atoms with Crippen molar-refractivity contribution in [2.75, 3.05) is 0 Å². The summed E-state index contributed by atoms with van der Waals surface area (Å²) in [4.78, 5) is 10.9. The van der Waals surface area contributed by atoms with Crippen LogP contribution < -0.4 is 0 Å². The topological polar surface area (TPSA) is 26.3 Å². The molecule has 1 saturated carbocycles.